The van der Waals surface area contributed by atoms with Gasteiger partial charge in [-0.05, 0) is 61.9 Å². The van der Waals surface area contributed by atoms with E-state index >= 15 is 0 Å². The molecule has 0 unspecified atom stereocenters. The van der Waals surface area contributed by atoms with Crippen LogP contribution in [0.15, 0.2) is 36.5 Å². The molecule has 3 nitrogen and oxygen atoms in total. The quantitative estimate of drug-likeness (QED) is 0.848. The summed E-state index contributed by atoms with van der Waals surface area (Å²) in [7, 11) is 0. The minimum Gasteiger partial charge on any atom is -0.385 e. The molecule has 1 aromatic heterocycles. The van der Waals surface area contributed by atoms with E-state index in [2.05, 4.69) is 17.4 Å². The maximum absolute atomic E-state index is 6.16. The largest absolute Gasteiger partial charge is 0.385 e. The number of nitrogens with two attached hydrogens (primary N) is 1. The number of aromatic nitrogens is 1. The molecule has 1 fully saturated rings. The molecule has 0 aliphatic heterocycles. The van der Waals surface area contributed by atoms with Gasteiger partial charge < -0.3 is 15.6 Å². The molecule has 1 aliphatic carbocycles. The van der Waals surface area contributed by atoms with Crippen LogP contribution >= 0.6 is 23.2 Å². The number of hydrogen-bond donors (Lipinski definition) is 2. The summed E-state index contributed by atoms with van der Waals surface area (Å²) in [6, 6.07) is 10.4. The molecule has 22 heavy (non-hydrogen) atoms. The standard InChI is InChI=1S/C17H21Cl2N3/c18-16-9-10-22(17(16)19)15-7-5-14(6-8-15)21-11-12-1-3-13(20)4-2-12/h5-10,12-13,21H,1-4,11,20H2. The third-order valence-corrected chi connectivity index (χ3v) is 5.20. The summed E-state index contributed by atoms with van der Waals surface area (Å²) in [6.07, 6.45) is 6.63. The predicted octanol–water partition coefficient (Wildman–Crippen LogP) is 4.71. The first-order chi connectivity index (χ1) is 10.6. The van der Waals surface area contributed by atoms with Gasteiger partial charge in [0.2, 0.25) is 0 Å². The molecule has 2 aromatic rings. The van der Waals surface area contributed by atoms with E-state index in [1.165, 1.54) is 12.8 Å². The molecule has 0 bridgehead atoms. The Morgan fingerprint density at radius 2 is 1.73 bits per heavy atom. The maximum atomic E-state index is 6.16. The maximum Gasteiger partial charge on any atom is 0.132 e. The molecular formula is C17H21Cl2N3. The lowest BCUT2D eigenvalue weighted by Gasteiger charge is -2.26. The second kappa shape index (κ2) is 6.95. The van der Waals surface area contributed by atoms with Crippen molar-refractivity contribution >= 4 is 28.9 Å². The molecule has 1 aliphatic rings. The number of rotatable bonds is 4. The fourth-order valence-electron chi connectivity index (χ4n) is 2.98. The molecule has 0 saturated heterocycles. The number of nitrogens with one attached hydrogen (secondary N) is 1. The Kier molecular flexibility index (Phi) is 4.97. The van der Waals surface area contributed by atoms with E-state index in [1.54, 1.807) is 6.07 Å². The summed E-state index contributed by atoms with van der Waals surface area (Å²) in [5, 5.41) is 4.63. The van der Waals surface area contributed by atoms with Crippen molar-refractivity contribution in [2.75, 3.05) is 11.9 Å². The zero-order valence-corrected chi connectivity index (χ0v) is 13.9. The first kappa shape index (κ1) is 15.7. The van der Waals surface area contributed by atoms with Crippen LogP contribution in [-0.2, 0) is 0 Å². The molecule has 0 amide bonds. The van der Waals surface area contributed by atoms with Crippen molar-refractivity contribution in [1.29, 1.82) is 0 Å². The van der Waals surface area contributed by atoms with Crippen molar-refractivity contribution < 1.29 is 0 Å². The number of nitrogens with zero attached hydrogens (tertiary/aromatic N) is 1. The van der Waals surface area contributed by atoms with Crippen LogP contribution in [0.25, 0.3) is 5.69 Å². The number of halogens is 2. The number of benzene rings is 1. The summed E-state index contributed by atoms with van der Waals surface area (Å²) in [5.74, 6) is 0.733. The summed E-state index contributed by atoms with van der Waals surface area (Å²) < 4.78 is 1.87. The van der Waals surface area contributed by atoms with Gasteiger partial charge in [0, 0.05) is 30.2 Å². The monoisotopic (exact) mass is 337 g/mol. The number of hydrogen-bond acceptors (Lipinski definition) is 2. The first-order valence-electron chi connectivity index (χ1n) is 7.75. The van der Waals surface area contributed by atoms with Crippen LogP contribution in [0.5, 0.6) is 0 Å². The van der Waals surface area contributed by atoms with Gasteiger partial charge in [0.05, 0.1) is 5.02 Å². The average molecular weight is 338 g/mol. The van der Waals surface area contributed by atoms with Gasteiger partial charge in [0.1, 0.15) is 5.15 Å². The van der Waals surface area contributed by atoms with Crippen LogP contribution in [0.3, 0.4) is 0 Å². The molecule has 0 radical (unpaired) electrons. The third-order valence-electron chi connectivity index (χ3n) is 4.41. The van der Waals surface area contributed by atoms with Gasteiger partial charge >= 0.3 is 0 Å². The van der Waals surface area contributed by atoms with Gasteiger partial charge in [-0.1, -0.05) is 23.2 Å². The highest BCUT2D eigenvalue weighted by Crippen LogP contribution is 2.27. The Hall–Kier alpha value is -1.16. The van der Waals surface area contributed by atoms with Gasteiger partial charge in [-0.25, -0.2) is 0 Å². The zero-order valence-electron chi connectivity index (χ0n) is 12.4. The average Bonchev–Trinajstić information content (AvgIpc) is 2.87. The molecule has 0 atom stereocenters. The van der Waals surface area contributed by atoms with E-state index in [0.717, 1.165) is 36.7 Å². The van der Waals surface area contributed by atoms with Crippen LogP contribution in [0, 0.1) is 5.92 Å². The minimum atomic E-state index is 0.411. The Labute approximate surface area is 141 Å². The molecule has 0 spiro atoms. The smallest absolute Gasteiger partial charge is 0.132 e. The van der Waals surface area contributed by atoms with Gasteiger partial charge in [0.25, 0.3) is 0 Å². The highest BCUT2D eigenvalue weighted by atomic mass is 35.5. The van der Waals surface area contributed by atoms with Crippen LogP contribution in [0.2, 0.25) is 10.2 Å². The fourth-order valence-corrected chi connectivity index (χ4v) is 3.35. The van der Waals surface area contributed by atoms with E-state index < -0.39 is 0 Å². The molecule has 1 heterocycles. The van der Waals surface area contributed by atoms with Crippen molar-refractivity contribution in [1.82, 2.24) is 4.57 Å². The van der Waals surface area contributed by atoms with Crippen molar-refractivity contribution in [2.45, 2.75) is 31.7 Å². The molecule has 118 valence electrons. The van der Waals surface area contributed by atoms with Crippen molar-refractivity contribution in [3.63, 3.8) is 0 Å². The molecule has 1 saturated carbocycles. The summed E-state index contributed by atoms with van der Waals surface area (Å²) in [5.41, 5.74) is 8.09. The van der Waals surface area contributed by atoms with E-state index in [9.17, 15) is 0 Å². The number of anilines is 1. The lowest BCUT2D eigenvalue weighted by atomic mass is 9.86. The summed E-state index contributed by atoms with van der Waals surface area (Å²) in [6.45, 7) is 1.02. The lowest BCUT2D eigenvalue weighted by Crippen LogP contribution is -2.29. The second-order valence-corrected chi connectivity index (χ2v) is 6.80. The summed E-state index contributed by atoms with van der Waals surface area (Å²) >= 11 is 12.1. The van der Waals surface area contributed by atoms with Crippen LogP contribution < -0.4 is 11.1 Å². The normalized spacial score (nSPS) is 21.8. The van der Waals surface area contributed by atoms with Gasteiger partial charge in [-0.15, -0.1) is 0 Å². The Morgan fingerprint density at radius 1 is 1.05 bits per heavy atom. The SMILES string of the molecule is NC1CCC(CNc2ccc(-n3ccc(Cl)c3Cl)cc2)CC1. The third kappa shape index (κ3) is 3.60. The topological polar surface area (TPSA) is 43.0 Å². The van der Waals surface area contributed by atoms with Gasteiger partial charge in [-0.3, -0.25) is 0 Å². The highest BCUT2D eigenvalue weighted by Gasteiger charge is 2.18. The molecule has 3 rings (SSSR count). The second-order valence-electron chi connectivity index (χ2n) is 6.03. The predicted molar refractivity (Wildman–Crippen MR) is 94.2 cm³/mol. The van der Waals surface area contributed by atoms with Crippen molar-refractivity contribution in [3.8, 4) is 5.69 Å². The van der Waals surface area contributed by atoms with Gasteiger partial charge in [-0.2, -0.15) is 0 Å². The highest BCUT2D eigenvalue weighted by molar-refractivity contribution is 6.41. The minimum absolute atomic E-state index is 0.411. The molecule has 1 aromatic carbocycles. The molecule has 3 N–H and O–H groups in total. The van der Waals surface area contributed by atoms with E-state index in [-0.39, 0.29) is 0 Å². The van der Waals surface area contributed by atoms with E-state index in [1.807, 2.05) is 22.9 Å². The fraction of sp³-hybridized carbons (Fsp3) is 0.412. The van der Waals surface area contributed by atoms with Crippen LogP contribution in [0.1, 0.15) is 25.7 Å². The Morgan fingerprint density at radius 3 is 2.32 bits per heavy atom. The van der Waals surface area contributed by atoms with Crippen LogP contribution in [-0.4, -0.2) is 17.2 Å². The van der Waals surface area contributed by atoms with E-state index in [4.69, 9.17) is 28.9 Å². The van der Waals surface area contributed by atoms with Crippen molar-refractivity contribution in [3.05, 3.63) is 46.7 Å². The summed E-state index contributed by atoms with van der Waals surface area (Å²) in [4.78, 5) is 0. The lowest BCUT2D eigenvalue weighted by molar-refractivity contribution is 0.339. The Balaban J connectivity index is 1.59. The molecule has 5 heteroatoms. The van der Waals surface area contributed by atoms with Crippen LogP contribution in [0.4, 0.5) is 5.69 Å². The van der Waals surface area contributed by atoms with E-state index in [0.29, 0.717) is 16.2 Å². The van der Waals surface area contributed by atoms with Crippen molar-refractivity contribution in [2.24, 2.45) is 11.7 Å². The zero-order chi connectivity index (χ0) is 15.5. The van der Waals surface area contributed by atoms with Gasteiger partial charge in [0.15, 0.2) is 0 Å². The first-order valence-corrected chi connectivity index (χ1v) is 8.51. The Bertz CT molecular complexity index is 613. The molecular weight excluding hydrogens is 317 g/mol.